The molecular weight excluding hydrogens is 274 g/mol. The monoisotopic (exact) mass is 285 g/mol. The molecule has 3 rings (SSSR count). The lowest BCUT2D eigenvalue weighted by Gasteiger charge is -2.09. The molecule has 1 unspecified atom stereocenters. The van der Waals surface area contributed by atoms with Crippen molar-refractivity contribution < 1.29 is 9.21 Å². The fourth-order valence-electron chi connectivity index (χ4n) is 2.17. The number of pyridine rings is 1. The second-order valence-electron chi connectivity index (χ2n) is 4.62. The predicted molar refractivity (Wildman–Crippen MR) is 72.0 cm³/mol. The Balaban J connectivity index is 1.77. The summed E-state index contributed by atoms with van der Waals surface area (Å²) in [7, 11) is 0. The lowest BCUT2D eigenvalue weighted by atomic mass is 10.1. The van der Waals surface area contributed by atoms with E-state index in [2.05, 4.69) is 25.2 Å². The van der Waals surface area contributed by atoms with Gasteiger partial charge < -0.3 is 4.42 Å². The molecule has 0 spiro atoms. The van der Waals surface area contributed by atoms with E-state index in [0.717, 1.165) is 0 Å². The number of azide groups is 1. The number of amides is 1. The lowest BCUT2D eigenvalue weighted by Crippen LogP contribution is -2.25. The Kier molecular flexibility index (Phi) is 3.48. The summed E-state index contributed by atoms with van der Waals surface area (Å²) in [4.78, 5) is 20.0. The van der Waals surface area contributed by atoms with Gasteiger partial charge in [-0.25, -0.2) is 0 Å². The van der Waals surface area contributed by atoms with Crippen molar-refractivity contribution in [2.75, 3.05) is 18.0 Å². The minimum Gasteiger partial charge on any atom is -0.403 e. The minimum absolute atomic E-state index is 0.0258. The number of aromatic nitrogens is 3. The molecule has 1 aliphatic rings. The van der Waals surface area contributed by atoms with E-state index in [1.54, 1.807) is 24.5 Å². The van der Waals surface area contributed by atoms with Crippen LogP contribution in [-0.4, -0.2) is 34.2 Å². The maximum Gasteiger partial charge on any atom is 0.325 e. The van der Waals surface area contributed by atoms with Gasteiger partial charge in [-0.05, 0) is 23.6 Å². The minimum atomic E-state index is -0.116. The second kappa shape index (κ2) is 5.59. The summed E-state index contributed by atoms with van der Waals surface area (Å²) in [6, 6.07) is 3.71. The maximum atomic E-state index is 11.9. The first-order valence-corrected chi connectivity index (χ1v) is 6.33. The molecule has 2 aromatic rings. The number of carbonyl (C=O) groups excluding carboxylic acids is 1. The van der Waals surface area contributed by atoms with E-state index >= 15 is 0 Å². The third-order valence-electron chi connectivity index (χ3n) is 3.16. The largest absolute Gasteiger partial charge is 0.403 e. The first kappa shape index (κ1) is 13.1. The van der Waals surface area contributed by atoms with E-state index in [1.807, 2.05) is 0 Å². The molecule has 0 saturated carbocycles. The van der Waals surface area contributed by atoms with Crippen molar-refractivity contribution in [2.45, 2.75) is 6.42 Å². The Morgan fingerprint density at radius 2 is 2.43 bits per heavy atom. The molecule has 9 nitrogen and oxygen atoms in total. The van der Waals surface area contributed by atoms with Crippen LogP contribution < -0.4 is 4.90 Å². The third kappa shape index (κ3) is 2.67. The zero-order chi connectivity index (χ0) is 14.7. The van der Waals surface area contributed by atoms with Crippen LogP contribution in [0.2, 0.25) is 0 Å². The third-order valence-corrected chi connectivity index (χ3v) is 3.16. The molecule has 1 fully saturated rings. The molecule has 0 N–H and O–H groups in total. The quantitative estimate of drug-likeness (QED) is 0.481. The Morgan fingerprint density at radius 3 is 3.19 bits per heavy atom. The van der Waals surface area contributed by atoms with E-state index in [0.29, 0.717) is 24.4 Å². The van der Waals surface area contributed by atoms with E-state index in [1.165, 1.54) is 4.90 Å². The van der Waals surface area contributed by atoms with Crippen molar-refractivity contribution >= 4 is 11.9 Å². The van der Waals surface area contributed by atoms with Crippen molar-refractivity contribution in [3.63, 3.8) is 0 Å². The van der Waals surface area contributed by atoms with Crippen LogP contribution in [0.25, 0.3) is 21.9 Å². The Hall–Kier alpha value is -2.93. The summed E-state index contributed by atoms with van der Waals surface area (Å²) in [5.41, 5.74) is 9.01. The lowest BCUT2D eigenvalue weighted by molar-refractivity contribution is -0.117. The molecule has 21 heavy (non-hydrogen) atoms. The van der Waals surface area contributed by atoms with Gasteiger partial charge in [0.2, 0.25) is 5.91 Å². The van der Waals surface area contributed by atoms with Crippen molar-refractivity contribution in [1.82, 2.24) is 15.2 Å². The van der Waals surface area contributed by atoms with Crippen LogP contribution in [0.3, 0.4) is 0 Å². The van der Waals surface area contributed by atoms with Crippen molar-refractivity contribution in [3.8, 4) is 11.5 Å². The van der Waals surface area contributed by atoms with Crippen molar-refractivity contribution in [1.29, 1.82) is 0 Å². The number of anilines is 1. The molecule has 9 heteroatoms. The first-order valence-electron chi connectivity index (χ1n) is 6.33. The molecule has 0 radical (unpaired) electrons. The zero-order valence-corrected chi connectivity index (χ0v) is 11.0. The molecule has 0 bridgehead atoms. The Morgan fingerprint density at radius 1 is 1.52 bits per heavy atom. The van der Waals surface area contributed by atoms with Crippen LogP contribution >= 0.6 is 0 Å². The van der Waals surface area contributed by atoms with Gasteiger partial charge in [-0.2, -0.15) is 0 Å². The maximum absolute atomic E-state index is 11.9. The van der Waals surface area contributed by atoms with Gasteiger partial charge in [-0.1, -0.05) is 10.2 Å². The van der Waals surface area contributed by atoms with Crippen molar-refractivity contribution in [3.05, 3.63) is 35.0 Å². The molecular formula is C12H11N7O2. The van der Waals surface area contributed by atoms with Crippen LogP contribution in [0.1, 0.15) is 6.42 Å². The number of rotatable bonds is 4. The molecule has 0 aromatic carbocycles. The van der Waals surface area contributed by atoms with Gasteiger partial charge in [0.15, 0.2) is 0 Å². The normalized spacial score (nSPS) is 17.8. The standard InChI is InChI=1S/C12H11N7O2/c13-18-15-5-8-4-10(20)19(7-8)12-17-16-11(21-12)9-2-1-3-14-6-9/h1-3,6,8H,4-5,7H2. The van der Waals surface area contributed by atoms with Gasteiger partial charge >= 0.3 is 6.01 Å². The van der Waals surface area contributed by atoms with E-state index in [-0.39, 0.29) is 24.4 Å². The van der Waals surface area contributed by atoms with E-state index in [9.17, 15) is 4.79 Å². The smallest absolute Gasteiger partial charge is 0.325 e. The molecule has 1 aliphatic heterocycles. The van der Waals surface area contributed by atoms with E-state index < -0.39 is 0 Å². The van der Waals surface area contributed by atoms with Gasteiger partial charge in [0.25, 0.3) is 5.89 Å². The predicted octanol–water partition coefficient (Wildman–Crippen LogP) is 1.79. The van der Waals surface area contributed by atoms with Crippen LogP contribution in [-0.2, 0) is 4.79 Å². The highest BCUT2D eigenvalue weighted by molar-refractivity contribution is 5.93. The number of carbonyl (C=O) groups is 1. The first-order chi connectivity index (χ1) is 10.3. The summed E-state index contributed by atoms with van der Waals surface area (Å²) >= 11 is 0. The van der Waals surface area contributed by atoms with Crippen LogP contribution in [0.15, 0.2) is 34.1 Å². The topological polar surface area (TPSA) is 121 Å². The fraction of sp³-hybridized carbons (Fsp3) is 0.333. The molecule has 1 atom stereocenters. The number of hydrogen-bond acceptors (Lipinski definition) is 6. The van der Waals surface area contributed by atoms with Gasteiger partial charge in [0, 0.05) is 36.8 Å². The highest BCUT2D eigenvalue weighted by atomic mass is 16.4. The van der Waals surface area contributed by atoms with Gasteiger partial charge in [0.1, 0.15) is 0 Å². The molecule has 0 aliphatic carbocycles. The molecule has 3 heterocycles. The van der Waals surface area contributed by atoms with Crippen LogP contribution in [0.4, 0.5) is 6.01 Å². The highest BCUT2D eigenvalue weighted by Crippen LogP contribution is 2.26. The van der Waals surface area contributed by atoms with Crippen LogP contribution in [0, 0.1) is 5.92 Å². The molecule has 1 saturated heterocycles. The summed E-state index contributed by atoms with van der Waals surface area (Å²) in [6.07, 6.45) is 3.56. The van der Waals surface area contributed by atoms with E-state index in [4.69, 9.17) is 9.95 Å². The fourth-order valence-corrected chi connectivity index (χ4v) is 2.17. The van der Waals surface area contributed by atoms with Crippen molar-refractivity contribution in [2.24, 2.45) is 11.0 Å². The SMILES string of the molecule is [N-]=[N+]=NCC1CC(=O)N(c2nnc(-c3cccnc3)o2)C1. The van der Waals surface area contributed by atoms with Crippen LogP contribution in [0.5, 0.6) is 0 Å². The summed E-state index contributed by atoms with van der Waals surface area (Å²) in [5.74, 6) is 0.168. The average molecular weight is 285 g/mol. The molecule has 2 aromatic heterocycles. The van der Waals surface area contributed by atoms with Gasteiger partial charge in [-0.3, -0.25) is 14.7 Å². The Bertz CT molecular complexity index is 693. The van der Waals surface area contributed by atoms with Gasteiger partial charge in [-0.15, -0.1) is 5.10 Å². The second-order valence-corrected chi connectivity index (χ2v) is 4.62. The summed E-state index contributed by atoms with van der Waals surface area (Å²) in [6.45, 7) is 0.689. The molecule has 106 valence electrons. The van der Waals surface area contributed by atoms with Gasteiger partial charge in [0.05, 0.1) is 5.56 Å². The molecule has 1 amide bonds. The summed E-state index contributed by atoms with van der Waals surface area (Å²) < 4.78 is 5.52. The average Bonchev–Trinajstić information content (AvgIpc) is 3.12. The highest BCUT2D eigenvalue weighted by Gasteiger charge is 2.33. The zero-order valence-electron chi connectivity index (χ0n) is 11.0. The summed E-state index contributed by atoms with van der Waals surface area (Å²) in [5, 5.41) is 11.3. The number of hydrogen-bond donors (Lipinski definition) is 0. The Labute approximate surface area is 119 Å². The number of nitrogens with zero attached hydrogens (tertiary/aromatic N) is 7.